The molecule has 5 nitrogen and oxygen atoms in total. The molecule has 5 heteroatoms. The number of nitrogens with zero attached hydrogens (tertiary/aromatic N) is 1. The molecular weight excluding hydrogens is 268 g/mol. The summed E-state index contributed by atoms with van der Waals surface area (Å²) in [5.41, 5.74) is 1.82. The van der Waals surface area contributed by atoms with Gasteiger partial charge in [0.2, 0.25) is 0 Å². The van der Waals surface area contributed by atoms with E-state index >= 15 is 0 Å². The lowest BCUT2D eigenvalue weighted by molar-refractivity contribution is -0.385. The van der Waals surface area contributed by atoms with E-state index in [9.17, 15) is 10.1 Å². The molecule has 1 aromatic rings. The van der Waals surface area contributed by atoms with Crippen molar-refractivity contribution < 1.29 is 9.66 Å². The minimum absolute atomic E-state index is 0.00456. The molecule has 0 saturated heterocycles. The van der Waals surface area contributed by atoms with Crippen LogP contribution >= 0.6 is 0 Å². The molecule has 0 aliphatic rings. The fraction of sp³-hybridized carbons (Fsp3) is 0.500. The highest BCUT2D eigenvalue weighted by Gasteiger charge is 2.17. The van der Waals surface area contributed by atoms with Crippen LogP contribution in [0.1, 0.15) is 39.7 Å². The van der Waals surface area contributed by atoms with Gasteiger partial charge in [0.15, 0.2) is 5.75 Å². The molecule has 0 bridgehead atoms. The van der Waals surface area contributed by atoms with Crippen LogP contribution in [0.4, 0.5) is 5.69 Å². The predicted molar refractivity (Wildman–Crippen MR) is 84.6 cm³/mol. The zero-order valence-corrected chi connectivity index (χ0v) is 13.2. The normalized spacial score (nSPS) is 11.2. The SMILES string of the molecule is C=C(C)CCOc1ccc(CNC(C)(C)C)cc1[N+](=O)[O-]. The van der Waals surface area contributed by atoms with E-state index in [-0.39, 0.29) is 11.2 Å². The first-order valence-corrected chi connectivity index (χ1v) is 6.98. The van der Waals surface area contributed by atoms with Crippen molar-refractivity contribution in [1.82, 2.24) is 5.32 Å². The van der Waals surface area contributed by atoms with Crippen LogP contribution < -0.4 is 10.1 Å². The van der Waals surface area contributed by atoms with Gasteiger partial charge in [-0.2, -0.15) is 0 Å². The Kier molecular flexibility index (Phi) is 5.90. The zero-order chi connectivity index (χ0) is 16.0. The number of benzene rings is 1. The highest BCUT2D eigenvalue weighted by molar-refractivity contribution is 5.48. The van der Waals surface area contributed by atoms with Gasteiger partial charge in [0.25, 0.3) is 0 Å². The molecule has 0 aliphatic heterocycles. The van der Waals surface area contributed by atoms with Crippen LogP contribution in [0, 0.1) is 10.1 Å². The smallest absolute Gasteiger partial charge is 0.311 e. The van der Waals surface area contributed by atoms with Crippen molar-refractivity contribution in [2.75, 3.05) is 6.61 Å². The van der Waals surface area contributed by atoms with Crippen molar-refractivity contribution in [3.8, 4) is 5.75 Å². The van der Waals surface area contributed by atoms with Crippen molar-refractivity contribution in [3.05, 3.63) is 46.0 Å². The second-order valence-electron chi connectivity index (χ2n) is 6.22. The Bertz CT molecular complexity index is 519. The highest BCUT2D eigenvalue weighted by Crippen LogP contribution is 2.28. The topological polar surface area (TPSA) is 64.4 Å². The first-order valence-electron chi connectivity index (χ1n) is 6.98. The molecule has 0 fully saturated rings. The van der Waals surface area contributed by atoms with E-state index in [2.05, 4.69) is 32.7 Å². The van der Waals surface area contributed by atoms with Gasteiger partial charge in [0.1, 0.15) is 0 Å². The standard InChI is InChI=1S/C16H24N2O3/c1-12(2)8-9-21-15-7-6-13(10-14(15)18(19)20)11-17-16(3,4)5/h6-7,10,17H,1,8-9,11H2,2-5H3. The van der Waals surface area contributed by atoms with Crippen molar-refractivity contribution in [3.63, 3.8) is 0 Å². The van der Waals surface area contributed by atoms with Crippen LogP contribution in [-0.4, -0.2) is 17.1 Å². The summed E-state index contributed by atoms with van der Waals surface area (Å²) in [6.45, 7) is 12.8. The third-order valence-electron chi connectivity index (χ3n) is 2.83. The second kappa shape index (κ2) is 7.22. The van der Waals surface area contributed by atoms with Gasteiger partial charge in [-0.3, -0.25) is 10.1 Å². The van der Waals surface area contributed by atoms with Crippen molar-refractivity contribution in [2.45, 2.75) is 46.2 Å². The van der Waals surface area contributed by atoms with Gasteiger partial charge in [-0.1, -0.05) is 11.6 Å². The summed E-state index contributed by atoms with van der Waals surface area (Å²) < 4.78 is 5.49. The molecule has 1 N–H and O–H groups in total. The molecule has 1 aromatic carbocycles. The van der Waals surface area contributed by atoms with Crippen LogP contribution in [-0.2, 0) is 6.54 Å². The molecule has 116 valence electrons. The second-order valence-corrected chi connectivity index (χ2v) is 6.22. The fourth-order valence-electron chi connectivity index (χ4n) is 1.64. The Morgan fingerprint density at radius 1 is 1.43 bits per heavy atom. The van der Waals surface area contributed by atoms with E-state index in [1.807, 2.05) is 13.0 Å². The average molecular weight is 292 g/mol. The number of rotatable bonds is 7. The molecule has 0 saturated carbocycles. The van der Waals surface area contributed by atoms with E-state index in [0.29, 0.717) is 25.3 Å². The largest absolute Gasteiger partial charge is 0.486 e. The maximum atomic E-state index is 11.2. The number of hydrogen-bond donors (Lipinski definition) is 1. The average Bonchev–Trinajstić information content (AvgIpc) is 2.35. The number of hydrogen-bond acceptors (Lipinski definition) is 4. The molecular formula is C16H24N2O3. The predicted octanol–water partition coefficient (Wildman–Crippen LogP) is 3.83. The van der Waals surface area contributed by atoms with Crippen molar-refractivity contribution in [1.29, 1.82) is 0 Å². The third-order valence-corrected chi connectivity index (χ3v) is 2.83. The molecule has 1 rings (SSSR count). The minimum Gasteiger partial charge on any atom is -0.486 e. The van der Waals surface area contributed by atoms with E-state index in [1.54, 1.807) is 12.1 Å². The molecule has 0 heterocycles. The molecule has 0 radical (unpaired) electrons. The van der Waals surface area contributed by atoms with Gasteiger partial charge < -0.3 is 10.1 Å². The lowest BCUT2D eigenvalue weighted by Gasteiger charge is -2.20. The van der Waals surface area contributed by atoms with E-state index in [4.69, 9.17) is 4.74 Å². The Labute approximate surface area is 126 Å². The lowest BCUT2D eigenvalue weighted by atomic mass is 10.1. The molecule has 0 aliphatic carbocycles. The quantitative estimate of drug-likeness (QED) is 0.471. The van der Waals surface area contributed by atoms with Crippen LogP contribution in [0.2, 0.25) is 0 Å². The number of ether oxygens (including phenoxy) is 1. The van der Waals surface area contributed by atoms with E-state index < -0.39 is 4.92 Å². The Morgan fingerprint density at radius 2 is 2.10 bits per heavy atom. The fourth-order valence-corrected chi connectivity index (χ4v) is 1.64. The Morgan fingerprint density at radius 3 is 2.62 bits per heavy atom. The van der Waals surface area contributed by atoms with Gasteiger partial charge in [0.05, 0.1) is 11.5 Å². The first kappa shape index (κ1) is 17.2. The molecule has 0 atom stereocenters. The number of nitro benzene ring substituents is 1. The van der Waals surface area contributed by atoms with Crippen LogP contribution in [0.3, 0.4) is 0 Å². The summed E-state index contributed by atoms with van der Waals surface area (Å²) in [6, 6.07) is 5.08. The molecule has 0 spiro atoms. The Hall–Kier alpha value is -1.88. The minimum atomic E-state index is -0.406. The monoisotopic (exact) mass is 292 g/mol. The van der Waals surface area contributed by atoms with Crippen LogP contribution in [0.15, 0.2) is 30.4 Å². The van der Waals surface area contributed by atoms with E-state index in [1.165, 1.54) is 0 Å². The Balaban J connectivity index is 2.81. The number of nitro groups is 1. The molecule has 21 heavy (non-hydrogen) atoms. The molecule has 0 unspecified atom stereocenters. The molecule has 0 aromatic heterocycles. The van der Waals surface area contributed by atoms with Gasteiger partial charge >= 0.3 is 5.69 Å². The zero-order valence-electron chi connectivity index (χ0n) is 13.2. The van der Waals surface area contributed by atoms with Crippen LogP contribution in [0.5, 0.6) is 5.75 Å². The summed E-state index contributed by atoms with van der Waals surface area (Å²) in [5.74, 6) is 0.306. The van der Waals surface area contributed by atoms with Gasteiger partial charge in [-0.05, 0) is 39.3 Å². The van der Waals surface area contributed by atoms with Gasteiger partial charge in [-0.25, -0.2) is 0 Å². The highest BCUT2D eigenvalue weighted by atomic mass is 16.6. The van der Waals surface area contributed by atoms with Gasteiger partial charge in [0, 0.05) is 24.6 Å². The lowest BCUT2D eigenvalue weighted by Crippen LogP contribution is -2.35. The summed E-state index contributed by atoms with van der Waals surface area (Å²) >= 11 is 0. The van der Waals surface area contributed by atoms with Crippen molar-refractivity contribution in [2.24, 2.45) is 0 Å². The van der Waals surface area contributed by atoms with E-state index in [0.717, 1.165) is 11.1 Å². The first-order chi connectivity index (χ1) is 9.69. The maximum absolute atomic E-state index is 11.2. The number of nitrogens with one attached hydrogen (secondary N) is 1. The summed E-state index contributed by atoms with van der Waals surface area (Å²) in [6.07, 6.45) is 0.685. The van der Waals surface area contributed by atoms with Crippen LogP contribution in [0.25, 0.3) is 0 Å². The summed E-state index contributed by atoms with van der Waals surface area (Å²) in [5, 5.41) is 14.5. The summed E-state index contributed by atoms with van der Waals surface area (Å²) in [4.78, 5) is 10.8. The summed E-state index contributed by atoms with van der Waals surface area (Å²) in [7, 11) is 0. The third kappa shape index (κ3) is 6.40. The molecule has 0 amide bonds. The van der Waals surface area contributed by atoms with Gasteiger partial charge in [-0.15, -0.1) is 6.58 Å². The van der Waals surface area contributed by atoms with Crippen molar-refractivity contribution >= 4 is 5.69 Å². The maximum Gasteiger partial charge on any atom is 0.311 e.